The summed E-state index contributed by atoms with van der Waals surface area (Å²) in [5, 5.41) is 10.2. The number of benzene rings is 1. The van der Waals surface area contributed by atoms with E-state index in [0.29, 0.717) is 12.0 Å². The van der Waals surface area contributed by atoms with Gasteiger partial charge in [0.25, 0.3) is 0 Å². The van der Waals surface area contributed by atoms with Crippen LogP contribution in [0.4, 0.5) is 8.78 Å². The van der Waals surface area contributed by atoms with Gasteiger partial charge in [0.1, 0.15) is 11.6 Å². The maximum absolute atomic E-state index is 13.4. The monoisotopic (exact) mass is 224 g/mol. The van der Waals surface area contributed by atoms with Gasteiger partial charge in [0.15, 0.2) is 0 Å². The average molecular weight is 224 g/mol. The molecule has 1 aliphatic rings. The highest BCUT2D eigenvalue weighted by Gasteiger charge is 2.26. The van der Waals surface area contributed by atoms with E-state index in [2.05, 4.69) is 0 Å². The topological polar surface area (TPSA) is 20.2 Å². The minimum absolute atomic E-state index is 0.204. The molecule has 0 radical (unpaired) electrons. The molecule has 1 nitrogen and oxygen atoms in total. The lowest BCUT2D eigenvalue weighted by Crippen LogP contribution is -2.30. The molecule has 0 saturated heterocycles. The van der Waals surface area contributed by atoms with Crippen molar-refractivity contribution in [3.63, 3.8) is 0 Å². The largest absolute Gasteiger partial charge is 0.385 e. The molecule has 1 aromatic carbocycles. The fourth-order valence-corrected chi connectivity index (χ4v) is 2.05. The minimum atomic E-state index is -0.975. The Morgan fingerprint density at radius 2 is 2.12 bits per heavy atom. The summed E-state index contributed by atoms with van der Waals surface area (Å²) in [4.78, 5) is 0. The molecule has 1 aromatic rings. The van der Waals surface area contributed by atoms with Crippen molar-refractivity contribution in [2.75, 3.05) is 0 Å². The van der Waals surface area contributed by atoms with Crippen molar-refractivity contribution >= 4 is 0 Å². The Labute approximate surface area is 93.4 Å². The first-order chi connectivity index (χ1) is 7.59. The average Bonchev–Trinajstić information content (AvgIpc) is 2.23. The van der Waals surface area contributed by atoms with Gasteiger partial charge in [-0.3, -0.25) is 0 Å². The van der Waals surface area contributed by atoms with E-state index in [-0.39, 0.29) is 6.42 Å². The maximum atomic E-state index is 13.4. The Morgan fingerprint density at radius 3 is 2.75 bits per heavy atom. The lowest BCUT2D eigenvalue weighted by atomic mass is 9.85. The zero-order valence-electron chi connectivity index (χ0n) is 8.92. The Bertz CT molecular complexity index is 414. The summed E-state index contributed by atoms with van der Waals surface area (Å²) in [5.74, 6) is -1.18. The minimum Gasteiger partial charge on any atom is -0.385 e. The molecule has 1 atom stereocenters. The van der Waals surface area contributed by atoms with E-state index in [1.165, 1.54) is 12.1 Å². The Balaban J connectivity index is 2.20. The molecule has 16 heavy (non-hydrogen) atoms. The first-order valence-electron chi connectivity index (χ1n) is 5.43. The van der Waals surface area contributed by atoms with E-state index in [4.69, 9.17) is 0 Å². The Kier molecular flexibility index (Phi) is 3.06. The predicted octanol–water partition coefficient (Wildman–Crippen LogP) is 2.98. The van der Waals surface area contributed by atoms with Crippen molar-refractivity contribution in [1.82, 2.24) is 0 Å². The van der Waals surface area contributed by atoms with E-state index in [1.807, 2.05) is 6.08 Å². The van der Waals surface area contributed by atoms with Gasteiger partial charge in [-0.2, -0.15) is 0 Å². The highest BCUT2D eigenvalue weighted by molar-refractivity contribution is 5.23. The van der Waals surface area contributed by atoms with Crippen LogP contribution >= 0.6 is 0 Å². The lowest BCUT2D eigenvalue weighted by molar-refractivity contribution is 0.0742. The molecule has 0 heterocycles. The van der Waals surface area contributed by atoms with Gasteiger partial charge in [-0.15, -0.1) is 0 Å². The molecule has 3 heteroatoms. The fourth-order valence-electron chi connectivity index (χ4n) is 2.05. The van der Waals surface area contributed by atoms with Gasteiger partial charge in [0.2, 0.25) is 0 Å². The van der Waals surface area contributed by atoms with Crippen molar-refractivity contribution < 1.29 is 13.9 Å². The molecule has 0 aliphatic heterocycles. The summed E-state index contributed by atoms with van der Waals surface area (Å²) in [6.07, 6.45) is 6.31. The predicted molar refractivity (Wildman–Crippen MR) is 58.0 cm³/mol. The van der Waals surface area contributed by atoms with Crippen LogP contribution in [0.1, 0.15) is 24.8 Å². The zero-order valence-corrected chi connectivity index (χ0v) is 8.92. The summed E-state index contributed by atoms with van der Waals surface area (Å²) in [6, 6.07) is 3.46. The second-order valence-corrected chi connectivity index (χ2v) is 4.31. The van der Waals surface area contributed by atoms with E-state index in [9.17, 15) is 13.9 Å². The molecular weight excluding hydrogens is 210 g/mol. The first kappa shape index (κ1) is 11.3. The fraction of sp³-hybridized carbons (Fsp3) is 0.385. The van der Waals surface area contributed by atoms with Gasteiger partial charge in [0, 0.05) is 12.5 Å². The van der Waals surface area contributed by atoms with Gasteiger partial charge >= 0.3 is 0 Å². The van der Waals surface area contributed by atoms with Crippen molar-refractivity contribution in [1.29, 1.82) is 0 Å². The summed E-state index contributed by atoms with van der Waals surface area (Å²) < 4.78 is 26.1. The first-order valence-corrected chi connectivity index (χ1v) is 5.43. The third-order valence-corrected chi connectivity index (χ3v) is 2.92. The van der Waals surface area contributed by atoms with Crippen molar-refractivity contribution in [3.05, 3.63) is 47.5 Å². The van der Waals surface area contributed by atoms with Crippen LogP contribution < -0.4 is 0 Å². The highest BCUT2D eigenvalue weighted by atomic mass is 19.1. The molecule has 1 unspecified atom stereocenters. The third kappa shape index (κ3) is 2.47. The van der Waals surface area contributed by atoms with E-state index in [0.717, 1.165) is 18.9 Å². The van der Waals surface area contributed by atoms with Gasteiger partial charge in [0.05, 0.1) is 5.60 Å². The van der Waals surface area contributed by atoms with Crippen LogP contribution in [-0.4, -0.2) is 10.7 Å². The SMILES string of the molecule is OC1(Cc2ccc(F)cc2F)C=CCCC1. The van der Waals surface area contributed by atoms with Gasteiger partial charge in [-0.1, -0.05) is 18.2 Å². The molecule has 1 N–H and O–H groups in total. The number of hydrogen-bond acceptors (Lipinski definition) is 1. The van der Waals surface area contributed by atoms with Crippen LogP contribution in [0.5, 0.6) is 0 Å². The van der Waals surface area contributed by atoms with Crippen LogP contribution in [0.15, 0.2) is 30.4 Å². The van der Waals surface area contributed by atoms with Crippen LogP contribution in [-0.2, 0) is 6.42 Å². The summed E-state index contributed by atoms with van der Waals surface area (Å²) in [7, 11) is 0. The number of halogens is 2. The molecular formula is C13H14F2O. The molecule has 0 aromatic heterocycles. The van der Waals surface area contributed by atoms with Gasteiger partial charge in [-0.05, 0) is 30.9 Å². The van der Waals surface area contributed by atoms with Crippen molar-refractivity contribution in [3.8, 4) is 0 Å². The van der Waals surface area contributed by atoms with E-state index in [1.54, 1.807) is 6.08 Å². The van der Waals surface area contributed by atoms with Crippen molar-refractivity contribution in [2.24, 2.45) is 0 Å². The molecule has 0 saturated carbocycles. The smallest absolute Gasteiger partial charge is 0.129 e. The molecule has 86 valence electrons. The van der Waals surface area contributed by atoms with Gasteiger partial charge < -0.3 is 5.11 Å². The molecule has 2 rings (SSSR count). The summed E-state index contributed by atoms with van der Waals surface area (Å²) in [5.41, 5.74) is -0.618. The Hall–Kier alpha value is -1.22. The van der Waals surface area contributed by atoms with Crippen LogP contribution in [0.2, 0.25) is 0 Å². The molecule has 0 fully saturated rings. The van der Waals surface area contributed by atoms with Crippen molar-refractivity contribution in [2.45, 2.75) is 31.3 Å². The zero-order chi connectivity index (χ0) is 11.6. The second-order valence-electron chi connectivity index (χ2n) is 4.31. The normalized spacial score (nSPS) is 24.7. The van der Waals surface area contributed by atoms with E-state index >= 15 is 0 Å². The van der Waals surface area contributed by atoms with Gasteiger partial charge in [-0.25, -0.2) is 8.78 Å². The number of aliphatic hydroxyl groups is 1. The molecule has 0 amide bonds. The number of rotatable bonds is 2. The number of hydrogen-bond donors (Lipinski definition) is 1. The van der Waals surface area contributed by atoms with Crippen LogP contribution in [0.3, 0.4) is 0 Å². The molecule has 1 aliphatic carbocycles. The summed E-state index contributed by atoms with van der Waals surface area (Å²) >= 11 is 0. The summed E-state index contributed by atoms with van der Waals surface area (Å²) in [6.45, 7) is 0. The van der Waals surface area contributed by atoms with E-state index < -0.39 is 17.2 Å². The molecule has 0 bridgehead atoms. The third-order valence-electron chi connectivity index (χ3n) is 2.92. The van der Waals surface area contributed by atoms with Crippen LogP contribution in [0, 0.1) is 11.6 Å². The Morgan fingerprint density at radius 1 is 1.31 bits per heavy atom. The highest BCUT2D eigenvalue weighted by Crippen LogP contribution is 2.27. The second kappa shape index (κ2) is 4.34. The molecule has 0 spiro atoms. The number of allylic oxidation sites excluding steroid dienone is 1. The lowest BCUT2D eigenvalue weighted by Gasteiger charge is -2.27. The van der Waals surface area contributed by atoms with Crippen LogP contribution in [0.25, 0.3) is 0 Å². The maximum Gasteiger partial charge on any atom is 0.129 e. The quantitative estimate of drug-likeness (QED) is 0.766. The standard InChI is InChI=1S/C13H14F2O/c14-11-5-4-10(12(15)8-11)9-13(16)6-2-1-3-7-13/h2,4-6,8,16H,1,3,7,9H2.